The molecule has 1 radical (unpaired) electrons. The molecule has 1 aliphatic rings. The van der Waals surface area contributed by atoms with Gasteiger partial charge in [0.05, 0.1) is 0 Å². The zero-order valence-corrected chi connectivity index (χ0v) is 5.63. The highest BCUT2D eigenvalue weighted by Gasteiger charge is 2.10. The number of carbonyl (C=O) groups is 1. The van der Waals surface area contributed by atoms with Crippen molar-refractivity contribution in [2.75, 3.05) is 26.7 Å². The van der Waals surface area contributed by atoms with E-state index in [1.165, 1.54) is 0 Å². The summed E-state index contributed by atoms with van der Waals surface area (Å²) in [5, 5.41) is 4.11. The molecular formula is C6H11N2O. The molecule has 51 valence electrons. The number of nitrogens with zero attached hydrogens (tertiary/aromatic N) is 2. The van der Waals surface area contributed by atoms with Gasteiger partial charge in [-0.15, -0.1) is 0 Å². The maximum atomic E-state index is 10.9. The number of hydrogen-bond donors (Lipinski definition) is 0. The number of hydrogen-bond acceptors (Lipinski definition) is 1. The zero-order chi connectivity index (χ0) is 6.69. The van der Waals surface area contributed by atoms with E-state index in [0.717, 1.165) is 13.1 Å². The Kier molecular flexibility index (Phi) is 2.05. The first-order valence-electron chi connectivity index (χ1n) is 3.18. The lowest BCUT2D eigenvalue weighted by Gasteiger charge is -2.11. The highest BCUT2D eigenvalue weighted by molar-refractivity contribution is 5.76. The van der Waals surface area contributed by atoms with E-state index in [1.54, 1.807) is 4.90 Å². The molecule has 0 spiro atoms. The van der Waals surface area contributed by atoms with Crippen LogP contribution in [0.3, 0.4) is 0 Å². The van der Waals surface area contributed by atoms with Gasteiger partial charge in [0.25, 0.3) is 0 Å². The van der Waals surface area contributed by atoms with Crippen LogP contribution < -0.4 is 5.32 Å². The summed E-state index contributed by atoms with van der Waals surface area (Å²) < 4.78 is 0. The third-order valence-corrected chi connectivity index (χ3v) is 1.50. The number of likely N-dealkylation sites (N-methyl/N-ethyl adjacent to an activating group) is 1. The summed E-state index contributed by atoms with van der Waals surface area (Å²) in [7, 11) is 1.82. The van der Waals surface area contributed by atoms with Crippen molar-refractivity contribution in [1.29, 1.82) is 0 Å². The van der Waals surface area contributed by atoms with Crippen molar-refractivity contribution >= 4 is 5.91 Å². The largest absolute Gasteiger partial charge is 0.344 e. The minimum atomic E-state index is 0.219. The van der Waals surface area contributed by atoms with Crippen LogP contribution >= 0.6 is 0 Å². The van der Waals surface area contributed by atoms with Crippen molar-refractivity contribution in [3.05, 3.63) is 0 Å². The van der Waals surface area contributed by atoms with E-state index < -0.39 is 0 Å². The Labute approximate surface area is 55.0 Å². The van der Waals surface area contributed by atoms with Crippen molar-refractivity contribution in [1.82, 2.24) is 10.2 Å². The Bertz CT molecular complexity index is 114. The van der Waals surface area contributed by atoms with Gasteiger partial charge in [-0.2, -0.15) is 0 Å². The van der Waals surface area contributed by atoms with Crippen LogP contribution in [0.15, 0.2) is 0 Å². The van der Waals surface area contributed by atoms with E-state index in [4.69, 9.17) is 0 Å². The van der Waals surface area contributed by atoms with Crippen LogP contribution in [0.4, 0.5) is 0 Å². The maximum Gasteiger partial charge on any atom is 0.223 e. The van der Waals surface area contributed by atoms with E-state index in [0.29, 0.717) is 13.0 Å². The Morgan fingerprint density at radius 1 is 1.56 bits per heavy atom. The van der Waals surface area contributed by atoms with E-state index in [-0.39, 0.29) is 5.91 Å². The van der Waals surface area contributed by atoms with Crippen LogP contribution in [0.1, 0.15) is 6.42 Å². The summed E-state index contributed by atoms with van der Waals surface area (Å²) in [6.07, 6.45) is 0.594. The average Bonchev–Trinajstić information content (AvgIpc) is 1.99. The van der Waals surface area contributed by atoms with Gasteiger partial charge in [0.15, 0.2) is 0 Å². The van der Waals surface area contributed by atoms with E-state index in [9.17, 15) is 4.79 Å². The zero-order valence-electron chi connectivity index (χ0n) is 5.63. The summed E-state index contributed by atoms with van der Waals surface area (Å²) in [6.45, 7) is 2.31. The van der Waals surface area contributed by atoms with Crippen molar-refractivity contribution < 1.29 is 4.79 Å². The van der Waals surface area contributed by atoms with Crippen LogP contribution in [0.2, 0.25) is 0 Å². The molecular weight excluding hydrogens is 116 g/mol. The van der Waals surface area contributed by atoms with Crippen LogP contribution in [0.5, 0.6) is 0 Å². The van der Waals surface area contributed by atoms with Gasteiger partial charge < -0.3 is 4.90 Å². The van der Waals surface area contributed by atoms with E-state index in [1.807, 2.05) is 7.05 Å². The monoisotopic (exact) mass is 127 g/mol. The molecule has 0 aromatic carbocycles. The number of carbonyl (C=O) groups excluding carboxylic acids is 1. The summed E-state index contributed by atoms with van der Waals surface area (Å²) >= 11 is 0. The van der Waals surface area contributed by atoms with Crippen LogP contribution in [-0.4, -0.2) is 37.5 Å². The standard InChI is InChI=1S/C6H11N2O/c1-8-5-4-7-3-2-6(8)9/h2-5H2,1H3. The summed E-state index contributed by atoms with van der Waals surface area (Å²) in [4.78, 5) is 12.6. The molecule has 0 bridgehead atoms. The van der Waals surface area contributed by atoms with Crippen LogP contribution in [0, 0.1) is 0 Å². The molecule has 1 aliphatic heterocycles. The van der Waals surface area contributed by atoms with Crippen molar-refractivity contribution in [3.8, 4) is 0 Å². The molecule has 0 N–H and O–H groups in total. The van der Waals surface area contributed by atoms with Crippen molar-refractivity contribution in [2.24, 2.45) is 0 Å². The fourth-order valence-corrected chi connectivity index (χ4v) is 0.823. The lowest BCUT2D eigenvalue weighted by molar-refractivity contribution is -0.129. The molecule has 1 rings (SSSR count). The second-order valence-electron chi connectivity index (χ2n) is 2.24. The molecule has 1 fully saturated rings. The van der Waals surface area contributed by atoms with Gasteiger partial charge in [0, 0.05) is 33.1 Å². The summed E-state index contributed by atoms with van der Waals surface area (Å²) in [6, 6.07) is 0. The molecule has 1 saturated heterocycles. The topological polar surface area (TPSA) is 34.4 Å². The van der Waals surface area contributed by atoms with Gasteiger partial charge in [-0.05, 0) is 0 Å². The third-order valence-electron chi connectivity index (χ3n) is 1.50. The first kappa shape index (κ1) is 6.55. The molecule has 1 amide bonds. The van der Waals surface area contributed by atoms with Crippen LogP contribution in [0.25, 0.3) is 0 Å². The molecule has 1 heterocycles. The highest BCUT2D eigenvalue weighted by atomic mass is 16.2. The molecule has 0 aromatic rings. The van der Waals surface area contributed by atoms with Gasteiger partial charge in [-0.1, -0.05) is 0 Å². The predicted molar refractivity (Wildman–Crippen MR) is 34.1 cm³/mol. The SMILES string of the molecule is CN1CC[N]CCC1=O. The fourth-order valence-electron chi connectivity index (χ4n) is 0.823. The third kappa shape index (κ3) is 1.68. The second kappa shape index (κ2) is 2.82. The Balaban J connectivity index is 2.41. The minimum Gasteiger partial charge on any atom is -0.344 e. The van der Waals surface area contributed by atoms with E-state index in [2.05, 4.69) is 5.32 Å². The van der Waals surface area contributed by atoms with Crippen LogP contribution in [-0.2, 0) is 4.79 Å². The number of rotatable bonds is 0. The maximum absolute atomic E-state index is 10.9. The lowest BCUT2D eigenvalue weighted by Crippen LogP contribution is -2.27. The first-order chi connectivity index (χ1) is 4.30. The summed E-state index contributed by atoms with van der Waals surface area (Å²) in [5.74, 6) is 0.219. The van der Waals surface area contributed by atoms with Crippen molar-refractivity contribution in [3.63, 3.8) is 0 Å². The fraction of sp³-hybridized carbons (Fsp3) is 0.833. The summed E-state index contributed by atoms with van der Waals surface area (Å²) in [5.41, 5.74) is 0. The normalized spacial score (nSPS) is 21.9. The smallest absolute Gasteiger partial charge is 0.223 e. The molecule has 0 unspecified atom stereocenters. The average molecular weight is 127 g/mol. The quantitative estimate of drug-likeness (QED) is 0.430. The van der Waals surface area contributed by atoms with Gasteiger partial charge in [0.2, 0.25) is 5.91 Å². The lowest BCUT2D eigenvalue weighted by atomic mass is 10.4. The minimum absolute atomic E-state index is 0.219. The molecule has 0 saturated carbocycles. The van der Waals surface area contributed by atoms with Gasteiger partial charge in [-0.25, -0.2) is 5.32 Å². The Hall–Kier alpha value is -0.570. The molecule has 0 atom stereocenters. The van der Waals surface area contributed by atoms with Gasteiger partial charge in [0.1, 0.15) is 0 Å². The molecule has 3 heteroatoms. The van der Waals surface area contributed by atoms with Gasteiger partial charge >= 0.3 is 0 Å². The predicted octanol–water partition coefficient (Wildman–Crippen LogP) is -0.547. The highest BCUT2D eigenvalue weighted by Crippen LogP contribution is 1.93. The first-order valence-corrected chi connectivity index (χ1v) is 3.18. The second-order valence-corrected chi connectivity index (χ2v) is 2.24. The molecule has 0 aliphatic carbocycles. The molecule has 9 heavy (non-hydrogen) atoms. The van der Waals surface area contributed by atoms with Gasteiger partial charge in [-0.3, -0.25) is 4.79 Å². The molecule has 3 nitrogen and oxygen atoms in total. The number of amides is 1. The molecule has 0 aromatic heterocycles. The Morgan fingerprint density at radius 2 is 2.33 bits per heavy atom. The Morgan fingerprint density at radius 3 is 3.11 bits per heavy atom. The van der Waals surface area contributed by atoms with Crippen molar-refractivity contribution in [2.45, 2.75) is 6.42 Å². The van der Waals surface area contributed by atoms with E-state index >= 15 is 0 Å².